The Kier molecular flexibility index (Phi) is 5.31. The summed E-state index contributed by atoms with van der Waals surface area (Å²) in [7, 11) is 0. The van der Waals surface area contributed by atoms with Crippen LogP contribution in [0.4, 0.5) is 0 Å². The van der Waals surface area contributed by atoms with E-state index < -0.39 is 0 Å². The summed E-state index contributed by atoms with van der Waals surface area (Å²) >= 11 is 0. The molecule has 0 radical (unpaired) electrons. The van der Waals surface area contributed by atoms with Crippen molar-refractivity contribution in [3.63, 3.8) is 0 Å². The molecule has 0 spiro atoms. The fourth-order valence-electron chi connectivity index (χ4n) is 4.72. The quantitative estimate of drug-likeness (QED) is 0.840. The molecule has 1 amide bonds. The van der Waals surface area contributed by atoms with Gasteiger partial charge in [0.2, 0.25) is 5.91 Å². The van der Waals surface area contributed by atoms with Gasteiger partial charge in [-0.05, 0) is 45.1 Å². The van der Waals surface area contributed by atoms with Crippen LogP contribution in [-0.4, -0.2) is 23.6 Å². The molecule has 1 aromatic carbocycles. The molecule has 2 aliphatic heterocycles. The standard InChI is InChI=1S/C20H28N2O2.ClH/c1-20(2)12-17(14-8-4-6-10-18(14)24-20)22-19(23)16-11-13-7-3-5-9-15(13)21-16;/h4,6,8,10,13,15-17,21H,3,5,7,9,11-12H2,1-2H3,(H,22,23);1H. The van der Waals surface area contributed by atoms with Gasteiger partial charge in [-0.15, -0.1) is 12.4 Å². The topological polar surface area (TPSA) is 50.4 Å². The second kappa shape index (κ2) is 7.16. The Labute approximate surface area is 156 Å². The summed E-state index contributed by atoms with van der Waals surface area (Å²) in [6, 6.07) is 8.62. The lowest BCUT2D eigenvalue weighted by Gasteiger charge is -2.38. The number of carbonyl (C=O) groups excluding carboxylic acids is 1. The fourth-order valence-corrected chi connectivity index (χ4v) is 4.72. The zero-order chi connectivity index (χ0) is 16.7. The van der Waals surface area contributed by atoms with E-state index in [1.807, 2.05) is 18.2 Å². The largest absolute Gasteiger partial charge is 0.487 e. The SMILES string of the molecule is CC1(C)CC(NC(=O)C2CC3CCCCC3N2)c2ccccc2O1.Cl. The molecule has 5 heteroatoms. The van der Waals surface area contributed by atoms with E-state index in [4.69, 9.17) is 4.74 Å². The second-order valence-corrected chi connectivity index (χ2v) is 8.27. The molecule has 4 atom stereocenters. The van der Waals surface area contributed by atoms with Gasteiger partial charge in [-0.2, -0.15) is 0 Å². The number of benzene rings is 1. The van der Waals surface area contributed by atoms with Crippen LogP contribution in [0.2, 0.25) is 0 Å². The maximum absolute atomic E-state index is 12.9. The van der Waals surface area contributed by atoms with Crippen molar-refractivity contribution in [1.29, 1.82) is 0 Å². The molecule has 1 saturated heterocycles. The van der Waals surface area contributed by atoms with Crippen LogP contribution in [0.1, 0.15) is 64.0 Å². The average Bonchev–Trinajstić information content (AvgIpc) is 2.98. The molecule has 2 N–H and O–H groups in total. The predicted octanol–water partition coefficient (Wildman–Crippen LogP) is 3.75. The third kappa shape index (κ3) is 3.80. The summed E-state index contributed by atoms with van der Waals surface area (Å²) in [6.07, 6.45) is 6.90. The Hall–Kier alpha value is -1.26. The zero-order valence-corrected chi connectivity index (χ0v) is 15.9. The van der Waals surface area contributed by atoms with E-state index in [1.165, 1.54) is 25.7 Å². The first kappa shape index (κ1) is 18.5. The number of para-hydroxylation sites is 1. The normalized spacial score (nSPS) is 32.6. The van der Waals surface area contributed by atoms with Crippen molar-refractivity contribution in [2.24, 2.45) is 5.92 Å². The number of hydrogen-bond acceptors (Lipinski definition) is 3. The Morgan fingerprint density at radius 1 is 1.24 bits per heavy atom. The highest BCUT2D eigenvalue weighted by Crippen LogP contribution is 2.39. The van der Waals surface area contributed by atoms with Gasteiger partial charge in [0.25, 0.3) is 0 Å². The summed E-state index contributed by atoms with van der Waals surface area (Å²) in [5.41, 5.74) is 0.837. The second-order valence-electron chi connectivity index (χ2n) is 8.27. The molecule has 1 aromatic rings. The molecule has 4 nitrogen and oxygen atoms in total. The first-order valence-corrected chi connectivity index (χ1v) is 9.36. The van der Waals surface area contributed by atoms with Crippen molar-refractivity contribution in [3.05, 3.63) is 29.8 Å². The van der Waals surface area contributed by atoms with Gasteiger partial charge in [-0.25, -0.2) is 0 Å². The number of carbonyl (C=O) groups is 1. The Morgan fingerprint density at radius 3 is 2.80 bits per heavy atom. The molecule has 2 heterocycles. The van der Waals surface area contributed by atoms with Crippen LogP contribution in [0.5, 0.6) is 5.75 Å². The summed E-state index contributed by atoms with van der Waals surface area (Å²) < 4.78 is 6.07. The molecular weight excluding hydrogens is 336 g/mol. The van der Waals surface area contributed by atoms with Crippen molar-refractivity contribution in [2.45, 2.75) is 76.1 Å². The van der Waals surface area contributed by atoms with Gasteiger partial charge in [-0.1, -0.05) is 31.0 Å². The monoisotopic (exact) mass is 364 g/mol. The van der Waals surface area contributed by atoms with Crippen LogP contribution in [0.3, 0.4) is 0 Å². The summed E-state index contributed by atoms with van der Waals surface area (Å²) in [5.74, 6) is 1.74. The Bertz CT molecular complexity index is 620. The van der Waals surface area contributed by atoms with E-state index in [9.17, 15) is 4.79 Å². The minimum atomic E-state index is -0.261. The highest BCUT2D eigenvalue weighted by molar-refractivity contribution is 5.85. The van der Waals surface area contributed by atoms with Gasteiger partial charge in [0, 0.05) is 18.0 Å². The van der Waals surface area contributed by atoms with Crippen molar-refractivity contribution >= 4 is 18.3 Å². The van der Waals surface area contributed by atoms with Gasteiger partial charge in [-0.3, -0.25) is 4.79 Å². The van der Waals surface area contributed by atoms with E-state index >= 15 is 0 Å². The van der Waals surface area contributed by atoms with E-state index in [0.29, 0.717) is 12.0 Å². The molecule has 0 bridgehead atoms. The van der Waals surface area contributed by atoms with E-state index in [1.54, 1.807) is 0 Å². The van der Waals surface area contributed by atoms with Crippen molar-refractivity contribution in [3.8, 4) is 5.75 Å². The number of rotatable bonds is 2. The van der Waals surface area contributed by atoms with Crippen molar-refractivity contribution in [2.75, 3.05) is 0 Å². The molecule has 3 aliphatic rings. The number of halogens is 1. The molecule has 2 fully saturated rings. The average molecular weight is 365 g/mol. The Balaban J connectivity index is 0.00000182. The van der Waals surface area contributed by atoms with Gasteiger partial charge in [0.05, 0.1) is 12.1 Å². The van der Waals surface area contributed by atoms with Crippen LogP contribution in [0.25, 0.3) is 0 Å². The predicted molar refractivity (Wildman–Crippen MR) is 101 cm³/mol. The van der Waals surface area contributed by atoms with Crippen LogP contribution < -0.4 is 15.4 Å². The summed E-state index contributed by atoms with van der Waals surface area (Å²) in [4.78, 5) is 12.9. The smallest absolute Gasteiger partial charge is 0.237 e. The lowest BCUT2D eigenvalue weighted by Crippen LogP contribution is -2.47. The van der Waals surface area contributed by atoms with E-state index in [-0.39, 0.29) is 36.0 Å². The number of nitrogens with one attached hydrogen (secondary N) is 2. The zero-order valence-electron chi connectivity index (χ0n) is 15.1. The van der Waals surface area contributed by atoms with Crippen LogP contribution in [0.15, 0.2) is 24.3 Å². The van der Waals surface area contributed by atoms with Crippen molar-refractivity contribution in [1.82, 2.24) is 10.6 Å². The number of hydrogen-bond donors (Lipinski definition) is 2. The fraction of sp³-hybridized carbons (Fsp3) is 0.650. The van der Waals surface area contributed by atoms with Gasteiger partial charge in [0.15, 0.2) is 0 Å². The van der Waals surface area contributed by atoms with Crippen LogP contribution >= 0.6 is 12.4 Å². The number of amides is 1. The van der Waals surface area contributed by atoms with Gasteiger partial charge >= 0.3 is 0 Å². The van der Waals surface area contributed by atoms with E-state index in [0.717, 1.165) is 24.2 Å². The maximum atomic E-state index is 12.9. The highest BCUT2D eigenvalue weighted by atomic mass is 35.5. The first-order valence-electron chi connectivity index (χ1n) is 9.36. The van der Waals surface area contributed by atoms with Gasteiger partial charge in [0.1, 0.15) is 11.4 Å². The van der Waals surface area contributed by atoms with Crippen LogP contribution in [-0.2, 0) is 4.79 Å². The van der Waals surface area contributed by atoms with Crippen molar-refractivity contribution < 1.29 is 9.53 Å². The van der Waals surface area contributed by atoms with Crippen LogP contribution in [0, 0.1) is 5.92 Å². The molecule has 138 valence electrons. The maximum Gasteiger partial charge on any atom is 0.237 e. The molecule has 0 aromatic heterocycles. The molecular formula is C20H29ClN2O2. The molecule has 4 unspecified atom stereocenters. The lowest BCUT2D eigenvalue weighted by molar-refractivity contribution is -0.124. The number of fused-ring (bicyclic) bond motifs is 2. The minimum Gasteiger partial charge on any atom is -0.487 e. The third-order valence-electron chi connectivity index (χ3n) is 5.87. The van der Waals surface area contributed by atoms with Gasteiger partial charge < -0.3 is 15.4 Å². The molecule has 1 saturated carbocycles. The third-order valence-corrected chi connectivity index (χ3v) is 5.87. The Morgan fingerprint density at radius 2 is 2.00 bits per heavy atom. The lowest BCUT2D eigenvalue weighted by atomic mass is 9.85. The molecule has 4 rings (SSSR count). The minimum absolute atomic E-state index is 0. The highest BCUT2D eigenvalue weighted by Gasteiger charge is 2.40. The van der Waals surface area contributed by atoms with E-state index in [2.05, 4.69) is 30.5 Å². The first-order chi connectivity index (χ1) is 11.5. The molecule has 25 heavy (non-hydrogen) atoms. The number of ether oxygens (including phenoxy) is 1. The molecule has 1 aliphatic carbocycles. The summed E-state index contributed by atoms with van der Waals surface area (Å²) in [5, 5.41) is 6.88. The summed E-state index contributed by atoms with van der Waals surface area (Å²) in [6.45, 7) is 4.18.